The average Bonchev–Trinajstić information content (AvgIpc) is 3.62. The molecular formula is C56H35N3S. The van der Waals surface area contributed by atoms with Crippen LogP contribution in [0.15, 0.2) is 222 Å². The number of hydrogen-bond acceptors (Lipinski definition) is 4. The molecule has 0 bridgehead atoms. The van der Waals surface area contributed by atoms with Crippen molar-refractivity contribution in [2.75, 3.05) is 0 Å². The van der Waals surface area contributed by atoms with E-state index in [1.165, 1.54) is 54.3 Å². The van der Waals surface area contributed by atoms with E-state index in [1.54, 1.807) is 0 Å². The molecule has 3 heterocycles. The van der Waals surface area contributed by atoms with Crippen LogP contribution >= 0.6 is 11.8 Å². The lowest BCUT2D eigenvalue weighted by atomic mass is 9.67. The first-order valence-electron chi connectivity index (χ1n) is 20.3. The first kappa shape index (κ1) is 34.6. The predicted octanol–water partition coefficient (Wildman–Crippen LogP) is 14.2. The molecule has 1 aliphatic carbocycles. The van der Waals surface area contributed by atoms with Crippen LogP contribution in [-0.2, 0) is 5.41 Å². The third-order valence-corrected chi connectivity index (χ3v) is 13.3. The van der Waals surface area contributed by atoms with Gasteiger partial charge in [-0.05, 0) is 80.4 Å². The maximum absolute atomic E-state index is 5.23. The first-order chi connectivity index (χ1) is 29.7. The van der Waals surface area contributed by atoms with Crippen molar-refractivity contribution in [3.05, 3.63) is 235 Å². The average molecular weight is 782 g/mol. The minimum atomic E-state index is -0.493. The van der Waals surface area contributed by atoms with Gasteiger partial charge in [0.2, 0.25) is 0 Å². The highest BCUT2D eigenvalue weighted by molar-refractivity contribution is 7.99. The van der Waals surface area contributed by atoms with Crippen molar-refractivity contribution in [2.45, 2.75) is 15.2 Å². The number of aromatic nitrogens is 3. The maximum atomic E-state index is 5.23. The Bertz CT molecular complexity index is 3190. The van der Waals surface area contributed by atoms with Crippen molar-refractivity contribution in [3.8, 4) is 67.3 Å². The minimum absolute atomic E-state index is 0.493. The number of nitrogens with zero attached hydrogens (tertiary/aromatic N) is 3. The first-order valence-corrected chi connectivity index (χ1v) is 21.2. The van der Waals surface area contributed by atoms with E-state index in [1.807, 2.05) is 48.3 Å². The summed E-state index contributed by atoms with van der Waals surface area (Å²) in [5, 5.41) is 1.14. The van der Waals surface area contributed by atoms with Crippen molar-refractivity contribution >= 4 is 22.7 Å². The number of rotatable bonds is 5. The molecule has 1 aliphatic heterocycles. The molecule has 12 rings (SSSR count). The van der Waals surface area contributed by atoms with E-state index in [0.717, 1.165) is 50.1 Å². The van der Waals surface area contributed by atoms with Gasteiger partial charge in [-0.1, -0.05) is 188 Å². The fraction of sp³-hybridized carbons (Fsp3) is 0.0179. The second kappa shape index (κ2) is 13.9. The monoisotopic (exact) mass is 781 g/mol. The Morgan fingerprint density at radius 1 is 0.350 bits per heavy atom. The predicted molar refractivity (Wildman–Crippen MR) is 246 cm³/mol. The van der Waals surface area contributed by atoms with E-state index >= 15 is 0 Å². The van der Waals surface area contributed by atoms with Gasteiger partial charge in [0.1, 0.15) is 0 Å². The molecule has 280 valence electrons. The van der Waals surface area contributed by atoms with Gasteiger partial charge in [-0.2, -0.15) is 0 Å². The van der Waals surface area contributed by atoms with Crippen LogP contribution < -0.4 is 0 Å². The van der Waals surface area contributed by atoms with E-state index in [9.17, 15) is 0 Å². The summed E-state index contributed by atoms with van der Waals surface area (Å²) >= 11 is 1.86. The lowest BCUT2D eigenvalue weighted by Crippen LogP contribution is -2.32. The zero-order valence-corrected chi connectivity index (χ0v) is 33.3. The fourth-order valence-corrected chi connectivity index (χ4v) is 10.8. The highest BCUT2D eigenvalue weighted by atomic mass is 32.2. The number of fused-ring (bicyclic) bond motifs is 10. The van der Waals surface area contributed by atoms with Gasteiger partial charge in [0, 0.05) is 43.6 Å². The fourth-order valence-electron chi connectivity index (χ4n) is 9.52. The SMILES string of the molecule is c1ccc(-c2cc(-c3ccc4c(c3)Sc3cc(-c5cccc(-c6cccc7cccnc67)c5)ccc3C43c4ccccc4-c4ccccc43)nc(-c3ccccc3)n2)cc1. The van der Waals surface area contributed by atoms with Crippen LogP contribution in [0.3, 0.4) is 0 Å². The van der Waals surface area contributed by atoms with E-state index in [-0.39, 0.29) is 0 Å². The number of para-hydroxylation sites is 1. The zero-order valence-electron chi connectivity index (χ0n) is 32.5. The molecule has 2 aromatic heterocycles. The molecule has 0 unspecified atom stereocenters. The van der Waals surface area contributed by atoms with Gasteiger partial charge in [-0.3, -0.25) is 4.98 Å². The van der Waals surface area contributed by atoms with Crippen LogP contribution in [0.1, 0.15) is 22.3 Å². The quantitative estimate of drug-likeness (QED) is 0.174. The number of pyridine rings is 1. The highest BCUT2D eigenvalue weighted by Crippen LogP contribution is 2.62. The normalized spacial score (nSPS) is 13.1. The summed E-state index contributed by atoms with van der Waals surface area (Å²) in [5.74, 6) is 0.712. The Morgan fingerprint density at radius 2 is 0.883 bits per heavy atom. The Hall–Kier alpha value is -7.40. The molecule has 0 radical (unpaired) electrons. The number of benzene rings is 8. The Morgan fingerprint density at radius 3 is 1.62 bits per heavy atom. The summed E-state index contributed by atoms with van der Waals surface area (Å²) in [5.41, 5.74) is 17.9. The van der Waals surface area contributed by atoms with Crippen molar-refractivity contribution < 1.29 is 0 Å². The largest absolute Gasteiger partial charge is 0.256 e. The van der Waals surface area contributed by atoms with Crippen molar-refractivity contribution in [2.24, 2.45) is 0 Å². The molecule has 8 aromatic carbocycles. The van der Waals surface area contributed by atoms with E-state index in [0.29, 0.717) is 5.82 Å². The molecule has 0 atom stereocenters. The minimum Gasteiger partial charge on any atom is -0.256 e. The maximum Gasteiger partial charge on any atom is 0.160 e. The lowest BCUT2D eigenvalue weighted by molar-refractivity contribution is 0.723. The Labute approximate surface area is 353 Å². The third kappa shape index (κ3) is 5.42. The molecule has 1 spiro atoms. The second-order valence-corrected chi connectivity index (χ2v) is 16.6. The standard InChI is InChI=1S/C56H35N3S/c1-3-14-36(15-4-1)50-35-51(59-55(58-50)38-16-5-2-6-17-38)42-28-30-49-53(34-42)60-52-33-40(39-19-11-20-41(32-39)43-24-12-18-37-21-13-31-57-54(37)43)27-29-48(52)56(49)46-25-9-7-22-44(46)45-23-8-10-26-47(45)56/h1-35H. The van der Waals surface area contributed by atoms with Gasteiger partial charge in [-0.15, -0.1) is 0 Å². The molecule has 2 aliphatic rings. The van der Waals surface area contributed by atoms with Crippen molar-refractivity contribution in [1.29, 1.82) is 0 Å². The molecule has 0 amide bonds. The van der Waals surface area contributed by atoms with E-state index in [2.05, 4.69) is 176 Å². The summed E-state index contributed by atoms with van der Waals surface area (Å²) in [6, 6.07) is 74.4. The van der Waals surface area contributed by atoms with Crippen LogP contribution in [0, 0.1) is 0 Å². The van der Waals surface area contributed by atoms with E-state index in [4.69, 9.17) is 15.0 Å². The van der Waals surface area contributed by atoms with Gasteiger partial charge < -0.3 is 0 Å². The highest BCUT2D eigenvalue weighted by Gasteiger charge is 2.50. The van der Waals surface area contributed by atoms with Crippen LogP contribution in [-0.4, -0.2) is 15.0 Å². The van der Waals surface area contributed by atoms with Gasteiger partial charge in [0.05, 0.1) is 22.3 Å². The molecule has 60 heavy (non-hydrogen) atoms. The summed E-state index contributed by atoms with van der Waals surface area (Å²) < 4.78 is 0. The molecule has 0 saturated carbocycles. The topological polar surface area (TPSA) is 38.7 Å². The van der Waals surface area contributed by atoms with Crippen molar-refractivity contribution in [1.82, 2.24) is 15.0 Å². The molecular weight excluding hydrogens is 747 g/mol. The van der Waals surface area contributed by atoms with Gasteiger partial charge >= 0.3 is 0 Å². The Balaban J connectivity index is 1.05. The Kier molecular flexibility index (Phi) is 8.00. The van der Waals surface area contributed by atoms with Crippen LogP contribution in [0.4, 0.5) is 0 Å². The molecule has 0 saturated heterocycles. The van der Waals surface area contributed by atoms with Gasteiger partial charge in [0.25, 0.3) is 0 Å². The van der Waals surface area contributed by atoms with Gasteiger partial charge in [-0.25, -0.2) is 9.97 Å². The molecule has 0 fully saturated rings. The molecule has 4 heteroatoms. The van der Waals surface area contributed by atoms with Crippen LogP contribution in [0.2, 0.25) is 0 Å². The molecule has 3 nitrogen and oxygen atoms in total. The molecule has 0 N–H and O–H groups in total. The second-order valence-electron chi connectivity index (χ2n) is 15.5. The summed E-state index contributed by atoms with van der Waals surface area (Å²) in [4.78, 5) is 17.6. The summed E-state index contributed by atoms with van der Waals surface area (Å²) in [6.07, 6.45) is 1.88. The van der Waals surface area contributed by atoms with Gasteiger partial charge in [0.15, 0.2) is 5.82 Å². The van der Waals surface area contributed by atoms with Crippen molar-refractivity contribution in [3.63, 3.8) is 0 Å². The summed E-state index contributed by atoms with van der Waals surface area (Å²) in [7, 11) is 0. The zero-order chi connectivity index (χ0) is 39.6. The lowest BCUT2D eigenvalue weighted by Gasteiger charge is -2.40. The third-order valence-electron chi connectivity index (χ3n) is 12.2. The van der Waals surface area contributed by atoms with Crippen LogP contribution in [0.5, 0.6) is 0 Å². The smallest absolute Gasteiger partial charge is 0.160 e. The molecule has 10 aromatic rings. The summed E-state index contributed by atoms with van der Waals surface area (Å²) in [6.45, 7) is 0. The number of hydrogen-bond donors (Lipinski definition) is 0. The van der Waals surface area contributed by atoms with Crippen LogP contribution in [0.25, 0.3) is 78.2 Å². The van der Waals surface area contributed by atoms with E-state index < -0.39 is 5.41 Å².